The molecular weight excluding hydrogens is 242 g/mol. The molecule has 0 fully saturated rings. The fourth-order valence-electron chi connectivity index (χ4n) is 2.06. The van der Waals surface area contributed by atoms with Crippen LogP contribution in [0, 0.1) is 6.92 Å². The first kappa shape index (κ1) is 13.6. The van der Waals surface area contributed by atoms with Crippen molar-refractivity contribution in [1.29, 1.82) is 0 Å². The lowest BCUT2D eigenvalue weighted by atomic mass is 9.97. The second-order valence-electron chi connectivity index (χ2n) is 4.84. The van der Waals surface area contributed by atoms with Crippen molar-refractivity contribution in [3.8, 4) is 17.0 Å². The first-order valence-corrected chi connectivity index (χ1v) is 6.32. The molecule has 1 N–H and O–H groups in total. The Bertz CT molecular complexity index is 573. The molecule has 0 aliphatic carbocycles. The van der Waals surface area contributed by atoms with Gasteiger partial charge in [-0.25, -0.2) is 0 Å². The van der Waals surface area contributed by atoms with Gasteiger partial charge in [-0.3, -0.25) is 0 Å². The molecule has 0 unspecified atom stereocenters. The van der Waals surface area contributed by atoms with Gasteiger partial charge in [-0.1, -0.05) is 25.1 Å². The van der Waals surface area contributed by atoms with Gasteiger partial charge in [-0.05, 0) is 30.5 Å². The minimum Gasteiger partial charge on any atom is -0.496 e. The summed E-state index contributed by atoms with van der Waals surface area (Å²) in [4.78, 5) is 0. The first-order chi connectivity index (χ1) is 9.08. The molecule has 2 rings (SSSR count). The van der Waals surface area contributed by atoms with Gasteiger partial charge in [0.2, 0.25) is 0 Å². The summed E-state index contributed by atoms with van der Waals surface area (Å²) in [5, 5.41) is 13.5. The van der Waals surface area contributed by atoms with Gasteiger partial charge in [0.05, 0.1) is 13.7 Å². The summed E-state index contributed by atoms with van der Waals surface area (Å²) in [5.74, 6) is 1.78. The highest BCUT2D eigenvalue weighted by Crippen LogP contribution is 2.35. The third-order valence-corrected chi connectivity index (χ3v) is 3.29. The maximum Gasteiger partial charge on any atom is 0.139 e. The van der Waals surface area contributed by atoms with Crippen LogP contribution in [0.15, 0.2) is 22.7 Å². The summed E-state index contributed by atoms with van der Waals surface area (Å²) >= 11 is 0. The Hall–Kier alpha value is -1.81. The highest BCUT2D eigenvalue weighted by Gasteiger charge is 2.18. The van der Waals surface area contributed by atoms with Crippen LogP contribution in [0.5, 0.6) is 5.75 Å². The van der Waals surface area contributed by atoms with E-state index in [9.17, 15) is 5.11 Å². The number of nitrogens with zero attached hydrogens (tertiary/aromatic N) is 1. The fourth-order valence-corrected chi connectivity index (χ4v) is 2.06. The molecule has 1 aromatic carbocycles. The lowest BCUT2D eigenvalue weighted by molar-refractivity contribution is 0.278. The summed E-state index contributed by atoms with van der Waals surface area (Å²) in [5.41, 5.74) is 3.41. The van der Waals surface area contributed by atoms with Crippen molar-refractivity contribution in [2.75, 3.05) is 7.11 Å². The number of hydrogen-bond donors (Lipinski definition) is 1. The molecule has 0 aliphatic rings. The van der Waals surface area contributed by atoms with Gasteiger partial charge in [0.15, 0.2) is 0 Å². The topological polar surface area (TPSA) is 55.5 Å². The molecule has 0 atom stereocenters. The highest BCUT2D eigenvalue weighted by molar-refractivity contribution is 5.71. The van der Waals surface area contributed by atoms with Crippen molar-refractivity contribution in [2.24, 2.45) is 0 Å². The van der Waals surface area contributed by atoms with Crippen LogP contribution in [-0.2, 0) is 6.61 Å². The van der Waals surface area contributed by atoms with E-state index in [4.69, 9.17) is 9.26 Å². The number of aromatic nitrogens is 1. The van der Waals surface area contributed by atoms with Crippen molar-refractivity contribution in [2.45, 2.75) is 33.3 Å². The van der Waals surface area contributed by atoms with Crippen molar-refractivity contribution < 1.29 is 14.4 Å². The Kier molecular flexibility index (Phi) is 3.90. The molecule has 4 heteroatoms. The highest BCUT2D eigenvalue weighted by atomic mass is 16.5. The van der Waals surface area contributed by atoms with Crippen molar-refractivity contribution in [1.82, 2.24) is 5.16 Å². The fraction of sp³-hybridized carbons (Fsp3) is 0.400. The monoisotopic (exact) mass is 261 g/mol. The summed E-state index contributed by atoms with van der Waals surface area (Å²) in [6, 6.07) is 6.01. The third-order valence-electron chi connectivity index (χ3n) is 3.29. The van der Waals surface area contributed by atoms with Crippen LogP contribution in [0.1, 0.15) is 36.7 Å². The van der Waals surface area contributed by atoms with Crippen LogP contribution in [0.2, 0.25) is 0 Å². The number of aryl methyl sites for hydroxylation is 1. The van der Waals surface area contributed by atoms with Crippen LogP contribution in [-0.4, -0.2) is 17.4 Å². The second-order valence-corrected chi connectivity index (χ2v) is 4.84. The molecule has 102 valence electrons. The van der Waals surface area contributed by atoms with E-state index in [0.29, 0.717) is 22.9 Å². The molecule has 0 amide bonds. The number of ether oxygens (including phenoxy) is 1. The lowest BCUT2D eigenvalue weighted by Gasteiger charge is -2.11. The van der Waals surface area contributed by atoms with E-state index in [-0.39, 0.29) is 6.61 Å². The van der Waals surface area contributed by atoms with E-state index in [2.05, 4.69) is 19.0 Å². The summed E-state index contributed by atoms with van der Waals surface area (Å²) in [7, 11) is 1.62. The quantitative estimate of drug-likeness (QED) is 0.917. The Morgan fingerprint density at radius 2 is 2.11 bits per heavy atom. The van der Waals surface area contributed by atoms with E-state index < -0.39 is 0 Å². The smallest absolute Gasteiger partial charge is 0.139 e. The van der Waals surface area contributed by atoms with E-state index in [0.717, 1.165) is 11.3 Å². The Balaban J connectivity index is 2.61. The van der Waals surface area contributed by atoms with E-state index in [1.165, 1.54) is 5.56 Å². The number of methoxy groups -OCH3 is 1. The largest absolute Gasteiger partial charge is 0.496 e. The van der Waals surface area contributed by atoms with Gasteiger partial charge in [-0.2, -0.15) is 0 Å². The van der Waals surface area contributed by atoms with Gasteiger partial charge in [0.25, 0.3) is 0 Å². The molecule has 1 aromatic heterocycles. The Morgan fingerprint density at radius 1 is 1.37 bits per heavy atom. The molecule has 4 nitrogen and oxygen atoms in total. The molecule has 1 heterocycles. The van der Waals surface area contributed by atoms with Crippen LogP contribution >= 0.6 is 0 Å². The lowest BCUT2D eigenvalue weighted by Crippen LogP contribution is -1.95. The minimum absolute atomic E-state index is 0.0975. The SMILES string of the molecule is COc1ccc(C(C)C)cc1-c1noc(C)c1CO. The molecule has 2 aromatic rings. The Morgan fingerprint density at radius 3 is 2.68 bits per heavy atom. The molecule has 0 saturated heterocycles. The van der Waals surface area contributed by atoms with Crippen LogP contribution in [0.4, 0.5) is 0 Å². The predicted octanol–water partition coefficient (Wildman–Crippen LogP) is 3.27. The molecule has 19 heavy (non-hydrogen) atoms. The molecule has 0 aliphatic heterocycles. The summed E-state index contributed by atoms with van der Waals surface area (Å²) in [6.45, 7) is 5.96. The summed E-state index contributed by atoms with van der Waals surface area (Å²) < 4.78 is 10.6. The van der Waals surface area contributed by atoms with Crippen LogP contribution in [0.25, 0.3) is 11.3 Å². The third kappa shape index (κ3) is 2.49. The van der Waals surface area contributed by atoms with Gasteiger partial charge >= 0.3 is 0 Å². The maximum atomic E-state index is 9.45. The molecule has 0 saturated carbocycles. The average Bonchev–Trinajstić information content (AvgIpc) is 2.78. The molecule has 0 bridgehead atoms. The zero-order chi connectivity index (χ0) is 14.0. The Labute approximate surface area is 113 Å². The maximum absolute atomic E-state index is 9.45. The van der Waals surface area contributed by atoms with Gasteiger partial charge < -0.3 is 14.4 Å². The van der Waals surface area contributed by atoms with Gasteiger partial charge in [0.1, 0.15) is 17.2 Å². The molecule has 0 spiro atoms. The van der Waals surface area contributed by atoms with Crippen molar-refractivity contribution >= 4 is 0 Å². The molecular formula is C15H19NO3. The summed E-state index contributed by atoms with van der Waals surface area (Å²) in [6.07, 6.45) is 0. The zero-order valence-electron chi connectivity index (χ0n) is 11.7. The molecule has 0 radical (unpaired) electrons. The number of hydrogen-bond acceptors (Lipinski definition) is 4. The number of aliphatic hydroxyl groups is 1. The minimum atomic E-state index is -0.0975. The van der Waals surface area contributed by atoms with E-state index in [1.807, 2.05) is 18.2 Å². The van der Waals surface area contributed by atoms with Crippen molar-refractivity contribution in [3.63, 3.8) is 0 Å². The average molecular weight is 261 g/mol. The second kappa shape index (κ2) is 5.45. The zero-order valence-corrected chi connectivity index (χ0v) is 11.7. The van der Waals surface area contributed by atoms with E-state index >= 15 is 0 Å². The van der Waals surface area contributed by atoms with E-state index in [1.54, 1.807) is 14.0 Å². The van der Waals surface area contributed by atoms with Crippen molar-refractivity contribution in [3.05, 3.63) is 35.1 Å². The standard InChI is InChI=1S/C15H19NO3/c1-9(2)11-5-6-14(18-4)12(7-11)15-13(8-17)10(3)19-16-15/h5-7,9,17H,8H2,1-4H3. The predicted molar refractivity (Wildman–Crippen MR) is 73.2 cm³/mol. The normalized spacial score (nSPS) is 11.1. The first-order valence-electron chi connectivity index (χ1n) is 6.32. The number of aliphatic hydroxyl groups excluding tert-OH is 1. The van der Waals surface area contributed by atoms with Crippen LogP contribution < -0.4 is 4.74 Å². The van der Waals surface area contributed by atoms with Gasteiger partial charge in [-0.15, -0.1) is 0 Å². The van der Waals surface area contributed by atoms with Crippen LogP contribution in [0.3, 0.4) is 0 Å². The number of benzene rings is 1. The number of rotatable bonds is 4. The van der Waals surface area contributed by atoms with Gasteiger partial charge in [0, 0.05) is 11.1 Å².